The Morgan fingerprint density at radius 3 is 2.40 bits per heavy atom. The number of carboxylic acids is 1. The van der Waals surface area contributed by atoms with Crippen LogP contribution in [0.2, 0.25) is 0 Å². The summed E-state index contributed by atoms with van der Waals surface area (Å²) in [5.74, 6) is 0.188. The summed E-state index contributed by atoms with van der Waals surface area (Å²) in [6, 6.07) is 4.29. The number of rotatable bonds is 4. The Hall–Kier alpha value is -1.62. The number of carboxylic acid groups (broad SMARTS) is 1. The van der Waals surface area contributed by atoms with Gasteiger partial charge in [0.15, 0.2) is 0 Å². The van der Waals surface area contributed by atoms with Crippen molar-refractivity contribution < 1.29 is 31.4 Å². The second-order valence-corrected chi connectivity index (χ2v) is 4.92. The Balaban J connectivity index is 0.00000200. The van der Waals surface area contributed by atoms with Crippen LogP contribution in [0.5, 0.6) is 0 Å². The Morgan fingerprint density at radius 2 is 1.85 bits per heavy atom. The van der Waals surface area contributed by atoms with Crippen molar-refractivity contribution in [1.82, 2.24) is 4.98 Å². The molecular weight excluding hydrogens is 320 g/mol. The lowest BCUT2D eigenvalue weighted by atomic mass is 9.99. The predicted molar refractivity (Wildman–Crippen MR) is 72.9 cm³/mol. The van der Waals surface area contributed by atoms with Crippen LogP contribution in [0.3, 0.4) is 0 Å². The number of imidazole rings is 1. The van der Waals surface area contributed by atoms with Crippen molar-refractivity contribution in [2.45, 2.75) is 33.7 Å². The van der Waals surface area contributed by atoms with Crippen molar-refractivity contribution in [2.24, 2.45) is 0 Å². The lowest BCUT2D eigenvalue weighted by Crippen LogP contribution is -3.00. The van der Waals surface area contributed by atoms with Gasteiger partial charge in [-0.3, -0.25) is 4.79 Å². The first-order chi connectivity index (χ1) is 8.99. The molecule has 0 aliphatic rings. The summed E-state index contributed by atoms with van der Waals surface area (Å²) in [7, 11) is 0. The molecule has 0 fully saturated rings. The van der Waals surface area contributed by atoms with Gasteiger partial charge in [0, 0.05) is 0 Å². The second-order valence-electron chi connectivity index (χ2n) is 4.92. The van der Waals surface area contributed by atoms with Crippen LogP contribution in [0, 0.1) is 20.8 Å². The van der Waals surface area contributed by atoms with E-state index in [0.717, 1.165) is 11.4 Å². The molecule has 0 aliphatic heterocycles. The highest BCUT2D eigenvalue weighted by atomic mass is 79.9. The molecule has 0 unspecified atom stereocenters. The number of H-pyrrole nitrogens is 1. The standard InChI is InChI=1S/C15H18N2O2.BrH/c1-10-8-11(2)14(12(3)9-10)15-16-5-7-17(15)6-4-13(18)19;/h5,7-9H,4,6H2,1-3H3,(H,18,19);1H. The molecule has 0 saturated carbocycles. The fraction of sp³-hybridized carbons (Fsp3) is 0.333. The summed E-state index contributed by atoms with van der Waals surface area (Å²) in [6.07, 6.45) is 3.85. The van der Waals surface area contributed by atoms with E-state index in [1.807, 2.05) is 17.0 Å². The van der Waals surface area contributed by atoms with Crippen LogP contribution in [0.1, 0.15) is 23.1 Å². The van der Waals surface area contributed by atoms with Gasteiger partial charge in [-0.2, -0.15) is 0 Å². The molecule has 5 heteroatoms. The van der Waals surface area contributed by atoms with Crippen molar-refractivity contribution in [3.05, 3.63) is 41.2 Å². The number of nitrogens with zero attached hydrogens (tertiary/aromatic N) is 1. The lowest BCUT2D eigenvalue weighted by molar-refractivity contribution is -0.683. The van der Waals surface area contributed by atoms with Crippen LogP contribution in [0.4, 0.5) is 0 Å². The largest absolute Gasteiger partial charge is 1.00 e. The molecule has 0 atom stereocenters. The zero-order chi connectivity index (χ0) is 14.0. The maximum Gasteiger partial charge on any atom is 0.307 e. The number of aromatic amines is 1. The van der Waals surface area contributed by atoms with Crippen molar-refractivity contribution in [3.8, 4) is 11.4 Å². The molecule has 0 amide bonds. The van der Waals surface area contributed by atoms with E-state index in [4.69, 9.17) is 5.11 Å². The number of benzene rings is 1. The van der Waals surface area contributed by atoms with Crippen LogP contribution in [0.25, 0.3) is 11.4 Å². The summed E-state index contributed by atoms with van der Waals surface area (Å²) in [5.41, 5.74) is 4.79. The third-order valence-corrected chi connectivity index (χ3v) is 3.24. The Bertz CT molecular complexity index is 597. The zero-order valence-electron chi connectivity index (χ0n) is 11.9. The van der Waals surface area contributed by atoms with Crippen LogP contribution < -0.4 is 21.5 Å². The summed E-state index contributed by atoms with van der Waals surface area (Å²) in [6.45, 7) is 6.72. The first kappa shape index (κ1) is 16.4. The maximum absolute atomic E-state index is 10.7. The minimum absolute atomic E-state index is 0. The van der Waals surface area contributed by atoms with Gasteiger partial charge >= 0.3 is 5.97 Å². The quantitative estimate of drug-likeness (QED) is 0.729. The van der Waals surface area contributed by atoms with E-state index < -0.39 is 5.97 Å². The molecule has 1 heterocycles. The molecular formula is C15H19BrN2O2. The van der Waals surface area contributed by atoms with Gasteiger partial charge in [-0.05, 0) is 31.9 Å². The highest BCUT2D eigenvalue weighted by Crippen LogP contribution is 2.24. The first-order valence-electron chi connectivity index (χ1n) is 6.36. The summed E-state index contributed by atoms with van der Waals surface area (Å²) < 4.78 is 1.96. The average Bonchev–Trinajstić information content (AvgIpc) is 2.73. The zero-order valence-corrected chi connectivity index (χ0v) is 13.5. The average molecular weight is 339 g/mol. The monoisotopic (exact) mass is 338 g/mol. The Labute approximate surface area is 129 Å². The van der Waals surface area contributed by atoms with Gasteiger partial charge in [-0.15, -0.1) is 0 Å². The molecule has 0 saturated heterocycles. The fourth-order valence-electron chi connectivity index (χ4n) is 2.54. The SMILES string of the molecule is Cc1cc(C)c(-c2[nH]cc[n+]2CCC(=O)O)c(C)c1.[Br-]. The van der Waals surface area contributed by atoms with Gasteiger partial charge in [0.1, 0.15) is 18.9 Å². The highest BCUT2D eigenvalue weighted by molar-refractivity contribution is 5.66. The molecule has 2 aromatic rings. The highest BCUT2D eigenvalue weighted by Gasteiger charge is 2.18. The number of aliphatic carboxylic acids is 1. The molecule has 20 heavy (non-hydrogen) atoms. The minimum atomic E-state index is -0.781. The first-order valence-corrected chi connectivity index (χ1v) is 6.36. The van der Waals surface area contributed by atoms with Gasteiger partial charge in [0.05, 0.1) is 12.0 Å². The number of hydrogen-bond acceptors (Lipinski definition) is 1. The minimum Gasteiger partial charge on any atom is -1.00 e. The van der Waals surface area contributed by atoms with E-state index in [2.05, 4.69) is 37.9 Å². The lowest BCUT2D eigenvalue weighted by Gasteiger charge is -2.08. The third kappa shape index (κ3) is 3.48. The molecule has 0 spiro atoms. The fourth-order valence-corrected chi connectivity index (χ4v) is 2.54. The van der Waals surface area contributed by atoms with E-state index in [1.165, 1.54) is 16.7 Å². The molecule has 0 radical (unpaired) electrons. The second kappa shape index (κ2) is 6.70. The van der Waals surface area contributed by atoms with E-state index in [0.29, 0.717) is 6.54 Å². The van der Waals surface area contributed by atoms with Crippen molar-refractivity contribution >= 4 is 5.97 Å². The van der Waals surface area contributed by atoms with E-state index in [9.17, 15) is 4.79 Å². The molecule has 0 bridgehead atoms. The molecule has 108 valence electrons. The van der Waals surface area contributed by atoms with E-state index in [1.54, 1.807) is 0 Å². The molecule has 0 aliphatic carbocycles. The number of aromatic nitrogens is 2. The van der Waals surface area contributed by atoms with Crippen LogP contribution in [0.15, 0.2) is 24.5 Å². The molecule has 1 aromatic heterocycles. The molecule has 1 aromatic carbocycles. The smallest absolute Gasteiger partial charge is 0.307 e. The summed E-state index contributed by atoms with van der Waals surface area (Å²) in [4.78, 5) is 13.9. The van der Waals surface area contributed by atoms with Crippen LogP contribution >= 0.6 is 0 Å². The van der Waals surface area contributed by atoms with Gasteiger partial charge in [0.2, 0.25) is 0 Å². The van der Waals surface area contributed by atoms with Crippen molar-refractivity contribution in [2.75, 3.05) is 0 Å². The number of aryl methyl sites for hydroxylation is 4. The van der Waals surface area contributed by atoms with Gasteiger partial charge < -0.3 is 22.1 Å². The Morgan fingerprint density at radius 1 is 1.25 bits per heavy atom. The van der Waals surface area contributed by atoms with Crippen LogP contribution in [-0.2, 0) is 11.3 Å². The summed E-state index contributed by atoms with van der Waals surface area (Å²) >= 11 is 0. The molecule has 2 rings (SSSR count). The number of nitrogens with one attached hydrogen (secondary N) is 1. The van der Waals surface area contributed by atoms with Gasteiger partial charge in [0.25, 0.3) is 5.82 Å². The van der Waals surface area contributed by atoms with Gasteiger partial charge in [-0.25, -0.2) is 9.55 Å². The van der Waals surface area contributed by atoms with Crippen molar-refractivity contribution in [3.63, 3.8) is 0 Å². The third-order valence-electron chi connectivity index (χ3n) is 3.24. The number of hydrogen-bond donors (Lipinski definition) is 2. The van der Waals surface area contributed by atoms with E-state index >= 15 is 0 Å². The summed E-state index contributed by atoms with van der Waals surface area (Å²) in [5, 5.41) is 8.80. The number of halogens is 1. The Kier molecular flexibility index (Phi) is 5.51. The molecule has 4 nitrogen and oxygen atoms in total. The van der Waals surface area contributed by atoms with E-state index in [-0.39, 0.29) is 23.4 Å². The van der Waals surface area contributed by atoms with Crippen molar-refractivity contribution in [1.29, 1.82) is 0 Å². The van der Waals surface area contributed by atoms with Crippen LogP contribution in [-0.4, -0.2) is 16.1 Å². The normalized spacial score (nSPS) is 10.2. The topological polar surface area (TPSA) is 57.0 Å². The van der Waals surface area contributed by atoms with Gasteiger partial charge in [-0.1, -0.05) is 17.7 Å². The number of carbonyl (C=O) groups is 1. The predicted octanol–water partition coefficient (Wildman–Crippen LogP) is -0.627. The molecule has 2 N–H and O–H groups in total. The maximum atomic E-state index is 10.7.